The van der Waals surface area contributed by atoms with Crippen LogP contribution in [-0.2, 0) is 12.7 Å². The number of thiazole rings is 1. The molecule has 2 rings (SSSR count). The third kappa shape index (κ3) is 3.17. The molecular formula is C12H12F3N3S. The molecule has 1 aromatic carbocycles. The van der Waals surface area contributed by atoms with E-state index in [2.05, 4.69) is 10.3 Å². The van der Waals surface area contributed by atoms with Gasteiger partial charge in [-0.2, -0.15) is 13.2 Å². The Hall–Kier alpha value is -1.76. The molecular weight excluding hydrogens is 275 g/mol. The zero-order valence-electron chi connectivity index (χ0n) is 10.1. The van der Waals surface area contributed by atoms with Crippen LogP contribution in [0.25, 0.3) is 0 Å². The fourth-order valence-corrected chi connectivity index (χ4v) is 2.31. The average Bonchev–Trinajstić information content (AvgIpc) is 2.72. The van der Waals surface area contributed by atoms with E-state index in [0.29, 0.717) is 12.2 Å². The van der Waals surface area contributed by atoms with Crippen molar-refractivity contribution in [2.45, 2.75) is 19.6 Å². The van der Waals surface area contributed by atoms with Crippen LogP contribution in [-0.4, -0.2) is 4.98 Å². The standard InChI is InChI=1S/C12H12F3N3S/c1-7-11(19-6-18-7)5-17-8-2-3-10(16)9(4-8)12(13,14)15/h2-4,6,17H,5,16H2,1H3. The van der Waals surface area contributed by atoms with Gasteiger partial charge in [-0.15, -0.1) is 11.3 Å². The molecule has 3 N–H and O–H groups in total. The second-order valence-electron chi connectivity index (χ2n) is 4.01. The molecule has 0 unspecified atom stereocenters. The highest BCUT2D eigenvalue weighted by Crippen LogP contribution is 2.35. The Balaban J connectivity index is 2.16. The third-order valence-corrected chi connectivity index (χ3v) is 3.59. The quantitative estimate of drug-likeness (QED) is 0.847. The van der Waals surface area contributed by atoms with Gasteiger partial charge in [0.25, 0.3) is 0 Å². The summed E-state index contributed by atoms with van der Waals surface area (Å²) in [5, 5.41) is 2.94. The highest BCUT2D eigenvalue weighted by atomic mass is 32.1. The van der Waals surface area contributed by atoms with Crippen molar-refractivity contribution < 1.29 is 13.2 Å². The molecule has 0 aliphatic carbocycles. The Labute approximate surface area is 112 Å². The molecule has 0 radical (unpaired) electrons. The summed E-state index contributed by atoms with van der Waals surface area (Å²) in [5.74, 6) is 0. The van der Waals surface area contributed by atoms with Crippen LogP contribution in [0.4, 0.5) is 24.5 Å². The number of rotatable bonds is 3. The van der Waals surface area contributed by atoms with Crippen LogP contribution in [0.1, 0.15) is 16.1 Å². The van der Waals surface area contributed by atoms with Crippen molar-refractivity contribution in [2.75, 3.05) is 11.1 Å². The number of anilines is 2. The molecule has 0 spiro atoms. The number of aromatic nitrogens is 1. The van der Waals surface area contributed by atoms with Gasteiger partial charge in [0.05, 0.1) is 23.3 Å². The number of hydrogen-bond donors (Lipinski definition) is 2. The molecule has 7 heteroatoms. The van der Waals surface area contributed by atoms with E-state index in [4.69, 9.17) is 5.73 Å². The molecule has 0 fully saturated rings. The largest absolute Gasteiger partial charge is 0.418 e. The van der Waals surface area contributed by atoms with Gasteiger partial charge < -0.3 is 11.1 Å². The Bertz CT molecular complexity index is 578. The Kier molecular flexibility index (Phi) is 3.66. The zero-order valence-corrected chi connectivity index (χ0v) is 10.9. The summed E-state index contributed by atoms with van der Waals surface area (Å²) in [4.78, 5) is 5.07. The van der Waals surface area contributed by atoms with E-state index in [9.17, 15) is 13.2 Å². The molecule has 0 aliphatic heterocycles. The van der Waals surface area contributed by atoms with Crippen molar-refractivity contribution >= 4 is 22.7 Å². The number of benzene rings is 1. The van der Waals surface area contributed by atoms with Crippen molar-refractivity contribution in [3.63, 3.8) is 0 Å². The average molecular weight is 287 g/mol. The molecule has 19 heavy (non-hydrogen) atoms. The lowest BCUT2D eigenvalue weighted by Gasteiger charge is -2.12. The third-order valence-electron chi connectivity index (χ3n) is 2.66. The maximum atomic E-state index is 12.7. The van der Waals surface area contributed by atoms with Gasteiger partial charge in [0, 0.05) is 16.3 Å². The van der Waals surface area contributed by atoms with Crippen LogP contribution in [0.15, 0.2) is 23.7 Å². The first-order valence-electron chi connectivity index (χ1n) is 5.47. The van der Waals surface area contributed by atoms with Gasteiger partial charge in [0.1, 0.15) is 0 Å². The van der Waals surface area contributed by atoms with Crippen LogP contribution in [0.5, 0.6) is 0 Å². The first-order valence-corrected chi connectivity index (χ1v) is 6.35. The van der Waals surface area contributed by atoms with Crippen LogP contribution in [0.2, 0.25) is 0 Å². The molecule has 0 bridgehead atoms. The highest BCUT2D eigenvalue weighted by Gasteiger charge is 2.33. The van der Waals surface area contributed by atoms with Crippen molar-refractivity contribution in [2.24, 2.45) is 0 Å². The van der Waals surface area contributed by atoms with E-state index in [-0.39, 0.29) is 5.69 Å². The number of hydrogen-bond acceptors (Lipinski definition) is 4. The smallest absolute Gasteiger partial charge is 0.398 e. The zero-order chi connectivity index (χ0) is 14.0. The van der Waals surface area contributed by atoms with Crippen LogP contribution < -0.4 is 11.1 Å². The van der Waals surface area contributed by atoms with Gasteiger partial charge >= 0.3 is 6.18 Å². The van der Waals surface area contributed by atoms with Crippen molar-refractivity contribution in [1.29, 1.82) is 0 Å². The SMILES string of the molecule is Cc1ncsc1CNc1ccc(N)c(C(F)(F)F)c1. The van der Waals surface area contributed by atoms with Gasteiger partial charge in [-0.3, -0.25) is 0 Å². The summed E-state index contributed by atoms with van der Waals surface area (Å²) in [7, 11) is 0. The van der Waals surface area contributed by atoms with Gasteiger partial charge in [0.2, 0.25) is 0 Å². The van der Waals surface area contributed by atoms with Gasteiger partial charge in [-0.05, 0) is 25.1 Å². The molecule has 102 valence electrons. The number of nitrogens with zero attached hydrogens (tertiary/aromatic N) is 1. The predicted octanol–water partition coefficient (Wildman–Crippen LogP) is 3.66. The Morgan fingerprint density at radius 3 is 2.68 bits per heavy atom. The van der Waals surface area contributed by atoms with Crippen molar-refractivity contribution in [3.8, 4) is 0 Å². The molecule has 0 atom stereocenters. The number of nitrogens with two attached hydrogens (primary N) is 1. The fourth-order valence-electron chi connectivity index (χ4n) is 1.59. The summed E-state index contributed by atoms with van der Waals surface area (Å²) in [6.07, 6.45) is -4.44. The molecule has 0 saturated carbocycles. The number of halogens is 3. The summed E-state index contributed by atoms with van der Waals surface area (Å²) in [6.45, 7) is 2.30. The van der Waals surface area contributed by atoms with Crippen LogP contribution >= 0.6 is 11.3 Å². The number of aryl methyl sites for hydroxylation is 1. The molecule has 1 aromatic heterocycles. The minimum absolute atomic E-state index is 0.271. The van der Waals surface area contributed by atoms with E-state index in [1.54, 1.807) is 5.51 Å². The summed E-state index contributed by atoms with van der Waals surface area (Å²) in [5.41, 5.74) is 7.21. The summed E-state index contributed by atoms with van der Waals surface area (Å²) in [6, 6.07) is 3.80. The Morgan fingerprint density at radius 1 is 1.37 bits per heavy atom. The monoisotopic (exact) mass is 287 g/mol. The lowest BCUT2D eigenvalue weighted by molar-refractivity contribution is -0.136. The first kappa shape index (κ1) is 13.7. The highest BCUT2D eigenvalue weighted by molar-refractivity contribution is 7.09. The van der Waals surface area contributed by atoms with Crippen molar-refractivity contribution in [1.82, 2.24) is 4.98 Å². The topological polar surface area (TPSA) is 50.9 Å². The first-order chi connectivity index (χ1) is 8.88. The van der Waals surface area contributed by atoms with E-state index in [1.165, 1.54) is 23.5 Å². The van der Waals surface area contributed by atoms with E-state index in [0.717, 1.165) is 16.6 Å². The van der Waals surface area contributed by atoms with Crippen LogP contribution in [0.3, 0.4) is 0 Å². The van der Waals surface area contributed by atoms with Gasteiger partial charge in [0.15, 0.2) is 0 Å². The molecule has 0 saturated heterocycles. The summed E-state index contributed by atoms with van der Waals surface area (Å²) < 4.78 is 38.1. The number of alkyl halides is 3. The maximum Gasteiger partial charge on any atom is 0.418 e. The molecule has 0 aliphatic rings. The number of nitrogen functional groups attached to an aromatic ring is 1. The second kappa shape index (κ2) is 5.08. The van der Waals surface area contributed by atoms with E-state index in [1.807, 2.05) is 6.92 Å². The minimum atomic E-state index is -4.44. The van der Waals surface area contributed by atoms with Crippen molar-refractivity contribution in [3.05, 3.63) is 39.8 Å². The second-order valence-corrected chi connectivity index (χ2v) is 4.95. The number of nitrogens with one attached hydrogen (secondary N) is 1. The minimum Gasteiger partial charge on any atom is -0.398 e. The fraction of sp³-hybridized carbons (Fsp3) is 0.250. The van der Waals surface area contributed by atoms with Gasteiger partial charge in [-0.25, -0.2) is 4.98 Å². The van der Waals surface area contributed by atoms with E-state index < -0.39 is 11.7 Å². The molecule has 0 amide bonds. The molecule has 3 nitrogen and oxygen atoms in total. The normalized spacial score (nSPS) is 11.6. The molecule has 2 aromatic rings. The lowest BCUT2D eigenvalue weighted by Crippen LogP contribution is -2.10. The van der Waals surface area contributed by atoms with Crippen LogP contribution in [0, 0.1) is 6.92 Å². The molecule has 1 heterocycles. The predicted molar refractivity (Wildman–Crippen MR) is 70.0 cm³/mol. The van der Waals surface area contributed by atoms with Gasteiger partial charge in [-0.1, -0.05) is 0 Å². The van der Waals surface area contributed by atoms with E-state index >= 15 is 0 Å². The Morgan fingerprint density at radius 2 is 2.11 bits per heavy atom. The summed E-state index contributed by atoms with van der Waals surface area (Å²) >= 11 is 1.46. The lowest BCUT2D eigenvalue weighted by atomic mass is 10.1. The maximum absolute atomic E-state index is 12.7.